The van der Waals surface area contributed by atoms with Gasteiger partial charge in [0.1, 0.15) is 17.5 Å². The summed E-state index contributed by atoms with van der Waals surface area (Å²) in [5.74, 6) is -8.21. The Morgan fingerprint density at radius 3 is 2.03 bits per heavy atom. The van der Waals surface area contributed by atoms with Crippen LogP contribution < -0.4 is 5.32 Å². The molecular weight excluding hydrogens is 615 g/mol. The second kappa shape index (κ2) is 12.5. The zero-order chi connectivity index (χ0) is 29.9. The van der Waals surface area contributed by atoms with Gasteiger partial charge in [-0.3, -0.25) is 9.00 Å². The van der Waals surface area contributed by atoms with Gasteiger partial charge in [-0.05, 0) is 48.9 Å². The number of carbonyl (C=O) groups excluding carboxylic acids is 1. The number of rotatable bonds is 8. The van der Waals surface area contributed by atoms with Crippen LogP contribution in [0, 0.1) is 0 Å². The molecule has 0 aliphatic rings. The number of allylic oxidation sites excluding steroid dienone is 1. The number of alkyl halides is 9. The van der Waals surface area contributed by atoms with E-state index in [2.05, 4.69) is 0 Å². The van der Waals surface area contributed by atoms with E-state index in [-0.39, 0.29) is 22.2 Å². The van der Waals surface area contributed by atoms with Crippen molar-refractivity contribution >= 4 is 45.7 Å². The molecule has 16 heteroatoms. The Bertz CT molecular complexity index is 1240. The number of hydrogen-bond acceptors (Lipinski definition) is 2. The fourth-order valence-electron chi connectivity index (χ4n) is 3.37. The molecule has 2 aromatic carbocycles. The molecule has 0 heterocycles. The average molecular weight is 632 g/mol. The molecule has 2 rings (SSSR count). The third-order valence-electron chi connectivity index (χ3n) is 4.89. The van der Waals surface area contributed by atoms with Crippen molar-refractivity contribution in [1.82, 2.24) is 5.32 Å². The molecule has 0 fully saturated rings. The van der Waals surface area contributed by atoms with Crippen molar-refractivity contribution in [3.05, 3.63) is 74.8 Å². The van der Waals surface area contributed by atoms with Gasteiger partial charge in [0, 0.05) is 38.2 Å². The second-order valence-electron chi connectivity index (χ2n) is 8.24. The predicted octanol–water partition coefficient (Wildman–Crippen LogP) is 8.10. The number of carbonyl (C=O) groups is 1. The Labute approximate surface area is 227 Å². The average Bonchev–Trinajstić information content (AvgIpc) is 2.73. The molecule has 216 valence electrons. The van der Waals surface area contributed by atoms with E-state index < -0.39 is 86.8 Å². The predicted molar refractivity (Wildman–Crippen MR) is 127 cm³/mol. The highest BCUT2D eigenvalue weighted by atomic mass is 35.5. The molecule has 0 aliphatic heterocycles. The maximum absolute atomic E-state index is 14.9. The molecule has 1 amide bonds. The second-order valence-corrected chi connectivity index (χ2v) is 10.6. The molecule has 3 nitrogen and oxygen atoms in total. The molecule has 0 saturated heterocycles. The minimum Gasteiger partial charge on any atom is -0.349 e. The third kappa shape index (κ3) is 9.98. The van der Waals surface area contributed by atoms with Gasteiger partial charge in [0.2, 0.25) is 0 Å². The number of nitrogens with one attached hydrogen (secondary N) is 1. The Balaban J connectivity index is 2.41. The molecule has 0 bridgehead atoms. The Morgan fingerprint density at radius 1 is 0.974 bits per heavy atom. The fraction of sp³-hybridized carbons (Fsp3) is 0.348. The minimum absolute atomic E-state index is 0.0231. The molecule has 0 aromatic heterocycles. The van der Waals surface area contributed by atoms with Gasteiger partial charge in [-0.1, -0.05) is 29.3 Å². The van der Waals surface area contributed by atoms with Crippen LogP contribution in [0.25, 0.3) is 5.83 Å². The molecule has 3 unspecified atom stereocenters. The van der Waals surface area contributed by atoms with Crippen molar-refractivity contribution in [2.45, 2.75) is 37.4 Å². The van der Waals surface area contributed by atoms with Crippen molar-refractivity contribution in [3.8, 4) is 0 Å². The van der Waals surface area contributed by atoms with Gasteiger partial charge >= 0.3 is 18.5 Å². The molecule has 1 N–H and O–H groups in total. The summed E-state index contributed by atoms with van der Waals surface area (Å²) >= 11 is 11.4. The van der Waals surface area contributed by atoms with E-state index in [0.717, 1.165) is 25.1 Å². The van der Waals surface area contributed by atoms with E-state index in [1.165, 1.54) is 0 Å². The highest BCUT2D eigenvalue weighted by molar-refractivity contribution is 7.85. The van der Waals surface area contributed by atoms with Crippen LogP contribution in [0.3, 0.4) is 0 Å². The van der Waals surface area contributed by atoms with Gasteiger partial charge in [0.25, 0.3) is 5.91 Å². The summed E-state index contributed by atoms with van der Waals surface area (Å²) < 4.78 is 146. The maximum atomic E-state index is 14.9. The summed E-state index contributed by atoms with van der Waals surface area (Å²) in [5.41, 5.74) is -4.33. The van der Waals surface area contributed by atoms with E-state index in [9.17, 15) is 52.9 Å². The first-order valence-corrected chi connectivity index (χ1v) is 12.8. The van der Waals surface area contributed by atoms with E-state index in [1.807, 2.05) is 5.32 Å². The molecule has 3 atom stereocenters. The topological polar surface area (TPSA) is 46.2 Å². The van der Waals surface area contributed by atoms with Crippen LogP contribution in [0.1, 0.15) is 39.9 Å². The van der Waals surface area contributed by atoms with Gasteiger partial charge < -0.3 is 5.32 Å². The van der Waals surface area contributed by atoms with E-state index >= 15 is 0 Å². The van der Waals surface area contributed by atoms with Crippen LogP contribution in [0.4, 0.5) is 43.9 Å². The summed E-state index contributed by atoms with van der Waals surface area (Å²) in [4.78, 5) is 12.4. The molecule has 0 radical (unpaired) electrons. The van der Waals surface area contributed by atoms with Crippen LogP contribution >= 0.6 is 23.2 Å². The fourth-order valence-corrected chi connectivity index (χ4v) is 5.03. The SMILES string of the molecule is CC(CS(=O)CC(F)(F)F)NC(=O)c1ccc(/C(F)=C/C(c2cc(Cl)cc(Cl)c2)C(F)(F)F)cc1C(F)(F)F. The van der Waals surface area contributed by atoms with Crippen molar-refractivity contribution in [2.75, 3.05) is 11.5 Å². The van der Waals surface area contributed by atoms with Gasteiger partial charge in [-0.25, -0.2) is 4.39 Å². The summed E-state index contributed by atoms with van der Waals surface area (Å²) in [6.07, 6.45) is -15.1. The Hall–Kier alpha value is -2.32. The Kier molecular flexibility index (Phi) is 10.5. The van der Waals surface area contributed by atoms with Crippen LogP contribution in [0.5, 0.6) is 0 Å². The standard InChI is InChI=1S/C23H17Cl2F10NO2S/c1-11(9-39(38)10-21(27,28)29)36-20(37)16-3-2-12(6-18(16)23(33,34)35)19(26)8-17(22(30,31)32)13-4-14(24)7-15(25)5-13/h2-8,11,17H,9-10H2,1H3,(H,36,37)/b19-8-. The summed E-state index contributed by atoms with van der Waals surface area (Å²) in [7, 11) is -2.48. The third-order valence-corrected chi connectivity index (χ3v) is 6.85. The number of halogens is 12. The number of hydrogen-bond donors (Lipinski definition) is 1. The monoisotopic (exact) mass is 631 g/mol. The molecule has 2 aromatic rings. The van der Waals surface area contributed by atoms with Crippen LogP contribution in [-0.2, 0) is 17.0 Å². The van der Waals surface area contributed by atoms with Crippen molar-refractivity contribution in [1.29, 1.82) is 0 Å². The lowest BCUT2D eigenvalue weighted by Crippen LogP contribution is -2.38. The number of amides is 1. The Morgan fingerprint density at radius 2 is 1.54 bits per heavy atom. The zero-order valence-electron chi connectivity index (χ0n) is 19.4. The quantitative estimate of drug-likeness (QED) is 0.299. The van der Waals surface area contributed by atoms with Gasteiger partial charge in [0.05, 0.1) is 11.1 Å². The van der Waals surface area contributed by atoms with Crippen LogP contribution in [0.2, 0.25) is 10.0 Å². The summed E-state index contributed by atoms with van der Waals surface area (Å²) in [6.45, 7) is 1.11. The molecule has 39 heavy (non-hydrogen) atoms. The lowest BCUT2D eigenvalue weighted by Gasteiger charge is -2.19. The molecule has 0 saturated carbocycles. The minimum atomic E-state index is -5.28. The van der Waals surface area contributed by atoms with E-state index in [4.69, 9.17) is 23.2 Å². The van der Waals surface area contributed by atoms with E-state index in [0.29, 0.717) is 12.1 Å². The molecule has 0 aliphatic carbocycles. The van der Waals surface area contributed by atoms with Crippen molar-refractivity contribution in [2.24, 2.45) is 0 Å². The van der Waals surface area contributed by atoms with E-state index in [1.54, 1.807) is 0 Å². The first-order chi connectivity index (χ1) is 17.7. The first kappa shape index (κ1) is 32.9. The van der Waals surface area contributed by atoms with Crippen molar-refractivity contribution < 1.29 is 52.9 Å². The van der Waals surface area contributed by atoms with Crippen LogP contribution in [0.15, 0.2) is 42.5 Å². The zero-order valence-corrected chi connectivity index (χ0v) is 21.7. The summed E-state index contributed by atoms with van der Waals surface area (Å²) in [6, 6.07) is 2.81. The smallest absolute Gasteiger partial charge is 0.349 e. The largest absolute Gasteiger partial charge is 0.417 e. The lowest BCUT2D eigenvalue weighted by molar-refractivity contribution is -0.140. The molecule has 0 spiro atoms. The van der Waals surface area contributed by atoms with Crippen molar-refractivity contribution in [3.63, 3.8) is 0 Å². The van der Waals surface area contributed by atoms with Gasteiger partial charge in [0.15, 0.2) is 0 Å². The highest BCUT2D eigenvalue weighted by Gasteiger charge is 2.41. The van der Waals surface area contributed by atoms with Gasteiger partial charge in [-0.15, -0.1) is 0 Å². The highest BCUT2D eigenvalue weighted by Crippen LogP contribution is 2.41. The summed E-state index contributed by atoms with van der Waals surface area (Å²) in [5, 5.41) is 1.57. The molecular formula is C23H17Cl2F10NO2S. The lowest BCUT2D eigenvalue weighted by atomic mass is 9.95. The number of benzene rings is 2. The van der Waals surface area contributed by atoms with Crippen LogP contribution in [-0.4, -0.2) is 40.0 Å². The normalized spacial score (nSPS) is 15.6. The maximum Gasteiger partial charge on any atom is 0.417 e. The van der Waals surface area contributed by atoms with Gasteiger partial charge in [-0.2, -0.15) is 39.5 Å². The first-order valence-electron chi connectivity index (χ1n) is 10.5.